The monoisotopic (exact) mass is 372 g/mol. The Hall–Kier alpha value is -3.74. The van der Waals surface area contributed by atoms with Crippen LogP contribution in [0, 0.1) is 5.82 Å². The summed E-state index contributed by atoms with van der Waals surface area (Å²) in [7, 11) is 1.97. The minimum Gasteiger partial charge on any atom is -0.346 e. The fourth-order valence-corrected chi connectivity index (χ4v) is 3.48. The highest BCUT2D eigenvalue weighted by Gasteiger charge is 2.18. The zero-order valence-electron chi connectivity index (χ0n) is 15.2. The van der Waals surface area contributed by atoms with Crippen molar-refractivity contribution in [2.75, 3.05) is 0 Å². The number of aromatic amines is 1. The zero-order chi connectivity index (χ0) is 19.1. The number of fused-ring (bicyclic) bond motifs is 1. The van der Waals surface area contributed by atoms with Crippen molar-refractivity contribution >= 4 is 11.0 Å². The Bertz CT molecular complexity index is 1260. The Labute approximate surface area is 160 Å². The Balaban J connectivity index is 1.74. The lowest BCUT2D eigenvalue weighted by molar-refractivity contribution is 0.628. The molecule has 0 bridgehead atoms. The maximum Gasteiger partial charge on any atom is 0.137 e. The molecular formula is C21H17FN6. The van der Waals surface area contributed by atoms with E-state index >= 15 is 0 Å². The van der Waals surface area contributed by atoms with Gasteiger partial charge in [0.2, 0.25) is 0 Å². The number of aromatic nitrogens is 6. The summed E-state index contributed by atoms with van der Waals surface area (Å²) < 4.78 is 17.5. The van der Waals surface area contributed by atoms with Crippen molar-refractivity contribution in [3.63, 3.8) is 0 Å². The number of nitrogens with one attached hydrogen (secondary N) is 1. The summed E-state index contributed by atoms with van der Waals surface area (Å²) in [5, 5.41) is 1.01. The van der Waals surface area contributed by atoms with Gasteiger partial charge in [-0.15, -0.1) is 0 Å². The van der Waals surface area contributed by atoms with Gasteiger partial charge in [-0.1, -0.05) is 0 Å². The number of hydrogen-bond acceptors (Lipinski definition) is 3. The van der Waals surface area contributed by atoms with Crippen molar-refractivity contribution in [1.29, 1.82) is 0 Å². The van der Waals surface area contributed by atoms with Gasteiger partial charge in [-0.25, -0.2) is 19.3 Å². The van der Waals surface area contributed by atoms with Gasteiger partial charge in [-0.05, 0) is 36.4 Å². The smallest absolute Gasteiger partial charge is 0.137 e. The number of benzene rings is 1. The fourth-order valence-electron chi connectivity index (χ4n) is 3.48. The first-order valence-corrected chi connectivity index (χ1v) is 8.89. The van der Waals surface area contributed by atoms with E-state index in [0.29, 0.717) is 6.54 Å². The summed E-state index contributed by atoms with van der Waals surface area (Å²) >= 11 is 0. The number of hydrogen-bond donors (Lipinski definition) is 1. The second kappa shape index (κ2) is 6.45. The molecule has 4 aromatic heterocycles. The number of nitrogens with zero attached hydrogens (tertiary/aromatic N) is 5. The van der Waals surface area contributed by atoms with Gasteiger partial charge in [-0.3, -0.25) is 0 Å². The molecule has 0 amide bonds. The molecule has 0 aliphatic heterocycles. The summed E-state index contributed by atoms with van der Waals surface area (Å²) in [6.45, 7) is 0.619. The van der Waals surface area contributed by atoms with Gasteiger partial charge in [0, 0.05) is 42.2 Å². The number of imidazole rings is 2. The summed E-state index contributed by atoms with van der Waals surface area (Å²) in [4.78, 5) is 16.4. The van der Waals surface area contributed by atoms with Crippen molar-refractivity contribution in [3.8, 4) is 22.5 Å². The van der Waals surface area contributed by atoms with Crippen LogP contribution in [0.1, 0.15) is 5.69 Å². The lowest BCUT2D eigenvalue weighted by atomic mass is 10.0. The van der Waals surface area contributed by atoms with Gasteiger partial charge in [-0.2, -0.15) is 0 Å². The standard InChI is InChI=1S/C21H17FN6/c1-27-12-23-10-16(27)11-28-13-26-19(14-2-4-15(22)5-3-14)20(28)17-6-8-24-21-18(17)7-9-25-21/h2-10,12-13H,11H2,1H3,(H,24,25). The molecule has 5 rings (SSSR count). The molecule has 0 saturated heterocycles. The third kappa shape index (κ3) is 2.68. The van der Waals surface area contributed by atoms with Gasteiger partial charge < -0.3 is 14.1 Å². The summed E-state index contributed by atoms with van der Waals surface area (Å²) in [5.74, 6) is -0.267. The van der Waals surface area contributed by atoms with Crippen molar-refractivity contribution in [1.82, 2.24) is 29.1 Å². The first-order chi connectivity index (χ1) is 13.7. The summed E-state index contributed by atoms with van der Waals surface area (Å²) in [6, 6.07) is 10.4. The zero-order valence-corrected chi connectivity index (χ0v) is 15.2. The molecule has 4 heterocycles. The van der Waals surface area contributed by atoms with E-state index in [0.717, 1.165) is 39.2 Å². The fraction of sp³-hybridized carbons (Fsp3) is 0.0952. The molecule has 28 heavy (non-hydrogen) atoms. The van der Waals surface area contributed by atoms with Crippen LogP contribution in [0.5, 0.6) is 0 Å². The van der Waals surface area contributed by atoms with Gasteiger partial charge in [0.1, 0.15) is 11.5 Å². The quantitative estimate of drug-likeness (QED) is 0.518. The van der Waals surface area contributed by atoms with E-state index in [1.54, 1.807) is 24.7 Å². The maximum absolute atomic E-state index is 13.4. The molecule has 0 atom stereocenters. The van der Waals surface area contributed by atoms with E-state index in [2.05, 4.69) is 24.5 Å². The van der Waals surface area contributed by atoms with E-state index in [9.17, 15) is 4.39 Å². The molecule has 0 unspecified atom stereocenters. The van der Waals surface area contributed by atoms with Crippen LogP contribution in [0.15, 0.2) is 67.6 Å². The van der Waals surface area contributed by atoms with Gasteiger partial charge in [0.25, 0.3) is 0 Å². The molecule has 0 spiro atoms. The summed E-state index contributed by atoms with van der Waals surface area (Å²) in [5.41, 5.74) is 5.51. The Morgan fingerprint density at radius 2 is 1.89 bits per heavy atom. The lowest BCUT2D eigenvalue weighted by Gasteiger charge is -2.12. The van der Waals surface area contributed by atoms with Crippen molar-refractivity contribution in [3.05, 3.63) is 79.2 Å². The third-order valence-electron chi connectivity index (χ3n) is 4.92. The van der Waals surface area contributed by atoms with E-state index in [1.807, 2.05) is 42.5 Å². The van der Waals surface area contributed by atoms with Gasteiger partial charge in [0.15, 0.2) is 0 Å². The number of halogens is 1. The highest BCUT2D eigenvalue weighted by Crippen LogP contribution is 2.35. The minimum absolute atomic E-state index is 0.267. The molecule has 0 radical (unpaired) electrons. The topological polar surface area (TPSA) is 64.3 Å². The number of rotatable bonds is 4. The number of H-pyrrole nitrogens is 1. The molecule has 1 aromatic carbocycles. The van der Waals surface area contributed by atoms with Crippen LogP contribution in [0.25, 0.3) is 33.5 Å². The lowest BCUT2D eigenvalue weighted by Crippen LogP contribution is -2.05. The van der Waals surface area contributed by atoms with Gasteiger partial charge in [0.05, 0.1) is 36.3 Å². The van der Waals surface area contributed by atoms with Crippen molar-refractivity contribution < 1.29 is 4.39 Å². The van der Waals surface area contributed by atoms with E-state index < -0.39 is 0 Å². The van der Waals surface area contributed by atoms with Gasteiger partial charge >= 0.3 is 0 Å². The number of aryl methyl sites for hydroxylation is 1. The van der Waals surface area contributed by atoms with Crippen LogP contribution < -0.4 is 0 Å². The molecule has 6 nitrogen and oxygen atoms in total. The normalized spacial score (nSPS) is 11.4. The highest BCUT2D eigenvalue weighted by atomic mass is 19.1. The van der Waals surface area contributed by atoms with Crippen LogP contribution in [0.3, 0.4) is 0 Å². The largest absolute Gasteiger partial charge is 0.346 e. The molecule has 1 N–H and O–H groups in total. The average Bonchev–Trinajstić information content (AvgIpc) is 3.43. The first-order valence-electron chi connectivity index (χ1n) is 8.89. The van der Waals surface area contributed by atoms with E-state index in [4.69, 9.17) is 0 Å². The molecule has 0 saturated carbocycles. The second-order valence-electron chi connectivity index (χ2n) is 6.67. The maximum atomic E-state index is 13.4. The Morgan fingerprint density at radius 3 is 2.68 bits per heavy atom. The Kier molecular flexibility index (Phi) is 3.79. The van der Waals surface area contributed by atoms with Crippen molar-refractivity contribution in [2.24, 2.45) is 7.05 Å². The molecule has 5 aromatic rings. The Morgan fingerprint density at radius 1 is 1.04 bits per heavy atom. The average molecular weight is 372 g/mol. The van der Waals surface area contributed by atoms with Crippen LogP contribution in [-0.4, -0.2) is 29.1 Å². The SMILES string of the molecule is Cn1cncc1Cn1cnc(-c2ccc(F)cc2)c1-c1ccnc2[nH]ccc12. The minimum atomic E-state index is -0.267. The molecule has 0 fully saturated rings. The summed E-state index contributed by atoms with van der Waals surface area (Å²) in [6.07, 6.45) is 9.11. The molecule has 0 aliphatic rings. The number of pyridine rings is 1. The van der Waals surface area contributed by atoms with Crippen LogP contribution in [-0.2, 0) is 13.6 Å². The second-order valence-corrected chi connectivity index (χ2v) is 6.67. The highest BCUT2D eigenvalue weighted by molar-refractivity contribution is 5.95. The van der Waals surface area contributed by atoms with Crippen LogP contribution in [0.2, 0.25) is 0 Å². The predicted molar refractivity (Wildman–Crippen MR) is 105 cm³/mol. The molecule has 7 heteroatoms. The van der Waals surface area contributed by atoms with E-state index in [1.165, 1.54) is 12.1 Å². The first kappa shape index (κ1) is 16.4. The third-order valence-corrected chi connectivity index (χ3v) is 4.92. The predicted octanol–water partition coefficient (Wildman–Crippen LogP) is 4.01. The van der Waals surface area contributed by atoms with Crippen LogP contribution >= 0.6 is 0 Å². The van der Waals surface area contributed by atoms with Crippen LogP contribution in [0.4, 0.5) is 4.39 Å². The molecule has 0 aliphatic carbocycles. The van der Waals surface area contributed by atoms with Crippen molar-refractivity contribution in [2.45, 2.75) is 6.54 Å². The van der Waals surface area contributed by atoms with E-state index in [-0.39, 0.29) is 5.82 Å². The molecular weight excluding hydrogens is 355 g/mol. The molecule has 138 valence electrons.